The second-order valence-corrected chi connectivity index (χ2v) is 5.04. The minimum absolute atomic E-state index is 0.132. The minimum Gasteiger partial charge on any atom is -0.392 e. The van der Waals surface area contributed by atoms with Gasteiger partial charge < -0.3 is 5.11 Å². The lowest BCUT2D eigenvalue weighted by molar-refractivity contribution is 0.281. The van der Waals surface area contributed by atoms with Gasteiger partial charge in [-0.2, -0.15) is 0 Å². The molecule has 0 aromatic heterocycles. The first-order chi connectivity index (χ1) is 6.13. The molecular weight excluding hydrogens is 180 g/mol. The van der Waals surface area contributed by atoms with Crippen molar-refractivity contribution in [2.24, 2.45) is 0 Å². The van der Waals surface area contributed by atoms with E-state index in [9.17, 15) is 0 Å². The summed E-state index contributed by atoms with van der Waals surface area (Å²) in [4.78, 5) is 1.31. The first kappa shape index (κ1) is 10.6. The van der Waals surface area contributed by atoms with Gasteiger partial charge in [0, 0.05) is 10.1 Å². The summed E-state index contributed by atoms with van der Waals surface area (Å²) in [6, 6.07) is 6.12. The van der Waals surface area contributed by atoms with Gasteiger partial charge in [0.15, 0.2) is 0 Å². The van der Waals surface area contributed by atoms with E-state index in [4.69, 9.17) is 5.11 Å². The summed E-state index contributed by atoms with van der Waals surface area (Å²) in [5.41, 5.74) is 2.25. The Morgan fingerprint density at radius 2 is 2.08 bits per heavy atom. The van der Waals surface area contributed by atoms with Gasteiger partial charge in [-0.1, -0.05) is 26.0 Å². The van der Waals surface area contributed by atoms with Gasteiger partial charge in [0.2, 0.25) is 0 Å². The first-order valence-electron chi connectivity index (χ1n) is 4.50. The second kappa shape index (κ2) is 4.68. The maximum atomic E-state index is 8.93. The lowest BCUT2D eigenvalue weighted by Crippen LogP contribution is -1.90. The van der Waals surface area contributed by atoms with Crippen molar-refractivity contribution in [3.05, 3.63) is 29.3 Å². The van der Waals surface area contributed by atoms with Gasteiger partial charge in [0.05, 0.1) is 6.61 Å². The molecule has 1 aromatic rings. The zero-order valence-corrected chi connectivity index (χ0v) is 9.19. The molecule has 0 saturated heterocycles. The Morgan fingerprint density at radius 3 is 2.54 bits per heavy atom. The highest BCUT2D eigenvalue weighted by atomic mass is 32.2. The molecule has 0 bridgehead atoms. The molecule has 0 radical (unpaired) electrons. The Labute approximate surface area is 84.2 Å². The molecule has 0 heterocycles. The SMILES string of the molecule is Cc1cc(CO)ccc1SC(C)C. The first-order valence-corrected chi connectivity index (χ1v) is 5.38. The molecule has 72 valence electrons. The molecule has 1 rings (SSSR count). The molecule has 2 heteroatoms. The number of hydrogen-bond donors (Lipinski definition) is 1. The monoisotopic (exact) mass is 196 g/mol. The molecule has 0 spiro atoms. The summed E-state index contributed by atoms with van der Waals surface area (Å²) < 4.78 is 0. The Balaban J connectivity index is 2.85. The highest BCUT2D eigenvalue weighted by Crippen LogP contribution is 2.26. The molecule has 1 N–H and O–H groups in total. The van der Waals surface area contributed by atoms with Crippen LogP contribution >= 0.6 is 11.8 Å². The third-order valence-electron chi connectivity index (χ3n) is 1.78. The number of rotatable bonds is 3. The second-order valence-electron chi connectivity index (χ2n) is 3.42. The summed E-state index contributed by atoms with van der Waals surface area (Å²) in [5.74, 6) is 0. The summed E-state index contributed by atoms with van der Waals surface area (Å²) in [6.07, 6.45) is 0. The summed E-state index contributed by atoms with van der Waals surface area (Å²) in [7, 11) is 0. The van der Waals surface area contributed by atoms with Crippen LogP contribution in [0, 0.1) is 6.92 Å². The van der Waals surface area contributed by atoms with Crippen molar-refractivity contribution in [1.82, 2.24) is 0 Å². The Morgan fingerprint density at radius 1 is 1.38 bits per heavy atom. The van der Waals surface area contributed by atoms with Gasteiger partial charge in [0.25, 0.3) is 0 Å². The molecule has 0 aliphatic carbocycles. The van der Waals surface area contributed by atoms with E-state index in [-0.39, 0.29) is 6.61 Å². The van der Waals surface area contributed by atoms with E-state index in [2.05, 4.69) is 26.8 Å². The van der Waals surface area contributed by atoms with E-state index < -0.39 is 0 Å². The van der Waals surface area contributed by atoms with Gasteiger partial charge in [-0.3, -0.25) is 0 Å². The Bertz CT molecular complexity index is 281. The molecule has 1 aromatic carbocycles. The van der Waals surface area contributed by atoms with Gasteiger partial charge >= 0.3 is 0 Å². The van der Waals surface area contributed by atoms with Crippen molar-refractivity contribution in [3.63, 3.8) is 0 Å². The van der Waals surface area contributed by atoms with Crippen LogP contribution < -0.4 is 0 Å². The number of aryl methyl sites for hydroxylation is 1. The number of hydrogen-bond acceptors (Lipinski definition) is 2. The van der Waals surface area contributed by atoms with Crippen LogP contribution in [0.25, 0.3) is 0 Å². The van der Waals surface area contributed by atoms with E-state index >= 15 is 0 Å². The number of benzene rings is 1. The molecule has 0 saturated carbocycles. The molecule has 0 amide bonds. The van der Waals surface area contributed by atoms with Crippen LogP contribution in [0.4, 0.5) is 0 Å². The van der Waals surface area contributed by atoms with Gasteiger partial charge in [-0.25, -0.2) is 0 Å². The van der Waals surface area contributed by atoms with E-state index in [1.54, 1.807) is 0 Å². The fourth-order valence-electron chi connectivity index (χ4n) is 1.20. The predicted molar refractivity (Wildman–Crippen MR) is 58.1 cm³/mol. The normalized spacial score (nSPS) is 10.8. The van der Waals surface area contributed by atoms with Crippen LogP contribution in [0.5, 0.6) is 0 Å². The van der Waals surface area contributed by atoms with Crippen LogP contribution in [-0.4, -0.2) is 10.4 Å². The average molecular weight is 196 g/mol. The standard InChI is InChI=1S/C11H16OS/c1-8(2)13-11-5-4-10(7-12)6-9(11)3/h4-6,8,12H,7H2,1-3H3. The molecular formula is C11H16OS. The number of thioether (sulfide) groups is 1. The maximum absolute atomic E-state index is 8.93. The van der Waals surface area contributed by atoms with E-state index in [0.717, 1.165) is 5.56 Å². The lowest BCUT2D eigenvalue weighted by Gasteiger charge is -2.09. The van der Waals surface area contributed by atoms with Crippen molar-refractivity contribution >= 4 is 11.8 Å². The average Bonchev–Trinajstić information content (AvgIpc) is 2.08. The number of aliphatic hydroxyl groups excluding tert-OH is 1. The third kappa shape index (κ3) is 3.05. The van der Waals surface area contributed by atoms with Crippen molar-refractivity contribution in [2.45, 2.75) is 37.5 Å². The highest BCUT2D eigenvalue weighted by molar-refractivity contribution is 8.00. The number of aliphatic hydroxyl groups is 1. The predicted octanol–water partition coefficient (Wildman–Crippen LogP) is 2.99. The molecule has 0 aliphatic heterocycles. The summed E-state index contributed by atoms with van der Waals surface area (Å²) >= 11 is 1.86. The largest absolute Gasteiger partial charge is 0.392 e. The van der Waals surface area contributed by atoms with Crippen LogP contribution in [0.2, 0.25) is 0 Å². The topological polar surface area (TPSA) is 20.2 Å². The zero-order valence-electron chi connectivity index (χ0n) is 8.37. The van der Waals surface area contributed by atoms with Crippen LogP contribution in [0.1, 0.15) is 25.0 Å². The fourth-order valence-corrected chi connectivity index (χ4v) is 2.10. The fraction of sp³-hybridized carbons (Fsp3) is 0.455. The Hall–Kier alpha value is -0.470. The smallest absolute Gasteiger partial charge is 0.0681 e. The van der Waals surface area contributed by atoms with Crippen molar-refractivity contribution in [3.8, 4) is 0 Å². The van der Waals surface area contributed by atoms with Gasteiger partial charge in [0.1, 0.15) is 0 Å². The van der Waals surface area contributed by atoms with Crippen LogP contribution in [-0.2, 0) is 6.61 Å². The van der Waals surface area contributed by atoms with Crippen molar-refractivity contribution in [1.29, 1.82) is 0 Å². The van der Waals surface area contributed by atoms with Gasteiger partial charge in [-0.05, 0) is 24.1 Å². The van der Waals surface area contributed by atoms with Gasteiger partial charge in [-0.15, -0.1) is 11.8 Å². The molecule has 13 heavy (non-hydrogen) atoms. The summed E-state index contributed by atoms with van der Waals surface area (Å²) in [5, 5.41) is 9.54. The molecule has 0 aliphatic rings. The zero-order chi connectivity index (χ0) is 9.84. The minimum atomic E-state index is 0.132. The van der Waals surface area contributed by atoms with E-state index in [0.29, 0.717) is 5.25 Å². The lowest BCUT2D eigenvalue weighted by atomic mass is 10.1. The quantitative estimate of drug-likeness (QED) is 0.750. The molecule has 0 unspecified atom stereocenters. The highest BCUT2D eigenvalue weighted by Gasteiger charge is 2.02. The molecule has 0 fully saturated rings. The van der Waals surface area contributed by atoms with Crippen molar-refractivity contribution in [2.75, 3.05) is 0 Å². The van der Waals surface area contributed by atoms with Crippen LogP contribution in [0.15, 0.2) is 23.1 Å². The third-order valence-corrected chi connectivity index (χ3v) is 2.97. The molecule has 1 nitrogen and oxygen atoms in total. The molecule has 0 atom stereocenters. The maximum Gasteiger partial charge on any atom is 0.0681 e. The van der Waals surface area contributed by atoms with E-state index in [1.807, 2.05) is 23.9 Å². The van der Waals surface area contributed by atoms with Crippen LogP contribution in [0.3, 0.4) is 0 Å². The Kier molecular flexibility index (Phi) is 3.82. The van der Waals surface area contributed by atoms with Crippen molar-refractivity contribution < 1.29 is 5.11 Å². The summed E-state index contributed by atoms with van der Waals surface area (Å²) in [6.45, 7) is 6.59. The van der Waals surface area contributed by atoms with E-state index in [1.165, 1.54) is 10.5 Å².